The van der Waals surface area contributed by atoms with E-state index in [9.17, 15) is 9.59 Å². The number of hydrogen-bond donors (Lipinski definition) is 2. The number of benzene rings is 2. The molecular weight excluding hydrogens is 477 g/mol. The van der Waals surface area contributed by atoms with Gasteiger partial charge in [-0.1, -0.05) is 23.9 Å². The van der Waals surface area contributed by atoms with E-state index in [1.807, 2.05) is 30.3 Å². The van der Waals surface area contributed by atoms with Gasteiger partial charge < -0.3 is 10.4 Å². The molecule has 0 saturated heterocycles. The molecule has 1 amide bonds. The topological polar surface area (TPSA) is 84.2 Å². The molecule has 2 N–H and O–H groups in total. The van der Waals surface area contributed by atoms with Crippen LogP contribution < -0.4 is 10.9 Å². The van der Waals surface area contributed by atoms with Crippen LogP contribution in [-0.2, 0) is 11.3 Å². The predicted molar refractivity (Wildman–Crippen MR) is 116 cm³/mol. The number of nitrogens with zero attached hydrogens (tertiary/aromatic N) is 2. The van der Waals surface area contributed by atoms with Crippen LogP contribution in [-0.4, -0.2) is 32.9 Å². The Bertz CT molecular complexity index is 1010. The first-order chi connectivity index (χ1) is 13.1. The average Bonchev–Trinajstić information content (AvgIpc) is 2.68. The van der Waals surface area contributed by atoms with Gasteiger partial charge in [0, 0.05) is 22.4 Å². The van der Waals surface area contributed by atoms with Crippen LogP contribution in [0.2, 0.25) is 0 Å². The van der Waals surface area contributed by atoms with E-state index in [2.05, 4.69) is 32.9 Å². The van der Waals surface area contributed by atoms with E-state index >= 15 is 0 Å². The summed E-state index contributed by atoms with van der Waals surface area (Å²) in [6, 6.07) is 14.7. The Balaban J connectivity index is 1.79. The third-order valence-electron chi connectivity index (χ3n) is 3.83. The lowest BCUT2D eigenvalue weighted by molar-refractivity contribution is -0.113. The standard InChI is InChI=1S/C19H18IN3O3S/c20-13-6-8-14(9-7-13)21-17(25)12-27-19-22-16-5-2-1-4-15(16)18(26)23(19)10-3-11-24/h1-2,4-9,24H,3,10-12H2,(H,21,25). The van der Waals surface area contributed by atoms with E-state index in [1.165, 1.54) is 16.3 Å². The Morgan fingerprint density at radius 2 is 1.93 bits per heavy atom. The van der Waals surface area contributed by atoms with Crippen molar-refractivity contribution in [2.45, 2.75) is 18.1 Å². The second kappa shape index (κ2) is 9.34. The molecule has 0 radical (unpaired) electrons. The summed E-state index contributed by atoms with van der Waals surface area (Å²) in [4.78, 5) is 29.5. The second-order valence-electron chi connectivity index (χ2n) is 5.79. The normalized spacial score (nSPS) is 10.9. The minimum atomic E-state index is -0.169. The zero-order valence-electron chi connectivity index (χ0n) is 14.4. The number of carbonyl (C=O) groups excluding carboxylic acids is 1. The SMILES string of the molecule is O=C(CSc1nc2ccccc2c(=O)n1CCCO)Nc1ccc(I)cc1. The number of nitrogens with one attached hydrogen (secondary N) is 1. The number of thioether (sulfide) groups is 1. The molecule has 1 aromatic heterocycles. The van der Waals surface area contributed by atoms with Gasteiger partial charge >= 0.3 is 0 Å². The van der Waals surface area contributed by atoms with E-state index in [-0.39, 0.29) is 23.8 Å². The maximum Gasteiger partial charge on any atom is 0.262 e. The molecule has 0 atom stereocenters. The molecule has 3 aromatic rings. The number of rotatable bonds is 7. The number of para-hydroxylation sites is 1. The molecule has 2 aromatic carbocycles. The fourth-order valence-corrected chi connectivity index (χ4v) is 3.73. The minimum Gasteiger partial charge on any atom is -0.396 e. The van der Waals surface area contributed by atoms with Crippen LogP contribution in [0.5, 0.6) is 0 Å². The van der Waals surface area contributed by atoms with E-state index in [1.54, 1.807) is 18.2 Å². The molecule has 8 heteroatoms. The van der Waals surface area contributed by atoms with Crippen molar-refractivity contribution in [3.63, 3.8) is 0 Å². The van der Waals surface area contributed by atoms with Crippen molar-refractivity contribution in [3.8, 4) is 0 Å². The van der Waals surface area contributed by atoms with Crippen LogP contribution in [0, 0.1) is 3.57 Å². The monoisotopic (exact) mass is 495 g/mol. The van der Waals surface area contributed by atoms with Crippen LogP contribution >= 0.6 is 34.4 Å². The molecule has 3 rings (SSSR count). The van der Waals surface area contributed by atoms with Gasteiger partial charge in [0.25, 0.3) is 5.56 Å². The summed E-state index contributed by atoms with van der Waals surface area (Å²) in [5.41, 5.74) is 1.17. The van der Waals surface area contributed by atoms with Crippen molar-refractivity contribution < 1.29 is 9.90 Å². The van der Waals surface area contributed by atoms with Crippen molar-refractivity contribution in [3.05, 3.63) is 62.5 Å². The number of aromatic nitrogens is 2. The minimum absolute atomic E-state index is 0.0172. The summed E-state index contributed by atoms with van der Waals surface area (Å²) in [5.74, 6) is -0.0343. The second-order valence-corrected chi connectivity index (χ2v) is 7.98. The molecule has 6 nitrogen and oxygen atoms in total. The maximum atomic E-state index is 12.7. The summed E-state index contributed by atoms with van der Waals surface area (Å²) in [7, 11) is 0. The highest BCUT2D eigenvalue weighted by Gasteiger charge is 2.13. The van der Waals surface area contributed by atoms with Gasteiger partial charge in [-0.25, -0.2) is 4.98 Å². The third-order valence-corrected chi connectivity index (χ3v) is 5.52. The number of amides is 1. The van der Waals surface area contributed by atoms with Gasteiger partial charge in [-0.3, -0.25) is 14.2 Å². The van der Waals surface area contributed by atoms with Gasteiger partial charge in [-0.05, 0) is 65.4 Å². The smallest absolute Gasteiger partial charge is 0.262 e. The highest BCUT2D eigenvalue weighted by atomic mass is 127. The molecule has 0 fully saturated rings. The van der Waals surface area contributed by atoms with E-state index < -0.39 is 0 Å². The summed E-state index contributed by atoms with van der Waals surface area (Å²) in [6.45, 7) is 0.338. The quantitative estimate of drug-likeness (QED) is 0.299. The van der Waals surface area contributed by atoms with Crippen molar-refractivity contribution in [2.75, 3.05) is 17.7 Å². The van der Waals surface area contributed by atoms with Crippen molar-refractivity contribution in [2.24, 2.45) is 0 Å². The first kappa shape index (κ1) is 19.8. The summed E-state index contributed by atoms with van der Waals surface area (Å²) in [5, 5.41) is 13.0. The van der Waals surface area contributed by atoms with E-state index in [4.69, 9.17) is 5.11 Å². The zero-order valence-corrected chi connectivity index (χ0v) is 17.4. The Hall–Kier alpha value is -1.91. The molecule has 0 saturated carbocycles. The highest BCUT2D eigenvalue weighted by molar-refractivity contribution is 14.1. The molecule has 0 bridgehead atoms. The molecule has 0 unspecified atom stereocenters. The van der Waals surface area contributed by atoms with Gasteiger partial charge in [0.1, 0.15) is 0 Å². The van der Waals surface area contributed by atoms with Crippen LogP contribution in [0.3, 0.4) is 0 Å². The first-order valence-corrected chi connectivity index (χ1v) is 10.4. The lowest BCUT2D eigenvalue weighted by Gasteiger charge is -2.12. The molecule has 0 spiro atoms. The average molecular weight is 495 g/mol. The predicted octanol–water partition coefficient (Wildman–Crippen LogP) is 3.11. The molecule has 140 valence electrons. The van der Waals surface area contributed by atoms with Gasteiger partial charge in [-0.2, -0.15) is 0 Å². The van der Waals surface area contributed by atoms with Crippen molar-refractivity contribution in [1.82, 2.24) is 9.55 Å². The number of halogens is 1. The van der Waals surface area contributed by atoms with E-state index in [0.29, 0.717) is 29.0 Å². The zero-order chi connectivity index (χ0) is 19.2. The van der Waals surface area contributed by atoms with Crippen LogP contribution in [0.1, 0.15) is 6.42 Å². The van der Waals surface area contributed by atoms with Crippen molar-refractivity contribution >= 4 is 56.9 Å². The first-order valence-electron chi connectivity index (χ1n) is 8.37. The van der Waals surface area contributed by atoms with Gasteiger partial charge in [0.15, 0.2) is 5.16 Å². The number of aliphatic hydroxyl groups is 1. The van der Waals surface area contributed by atoms with Gasteiger partial charge in [0.05, 0.1) is 16.7 Å². The van der Waals surface area contributed by atoms with Crippen LogP contribution in [0.4, 0.5) is 5.69 Å². The Morgan fingerprint density at radius 1 is 1.19 bits per heavy atom. The third kappa shape index (κ3) is 5.08. The summed E-state index contributed by atoms with van der Waals surface area (Å²) in [6.07, 6.45) is 0.447. The highest BCUT2D eigenvalue weighted by Crippen LogP contribution is 2.19. The molecule has 0 aliphatic heterocycles. The number of fused-ring (bicyclic) bond motifs is 1. The van der Waals surface area contributed by atoms with Crippen molar-refractivity contribution in [1.29, 1.82) is 0 Å². The fraction of sp³-hybridized carbons (Fsp3) is 0.211. The number of carbonyl (C=O) groups is 1. The fourth-order valence-electron chi connectivity index (χ4n) is 2.54. The Labute approximate surface area is 174 Å². The maximum absolute atomic E-state index is 12.7. The summed E-state index contributed by atoms with van der Waals surface area (Å²) >= 11 is 3.42. The largest absolute Gasteiger partial charge is 0.396 e. The Kier molecular flexibility index (Phi) is 6.86. The lowest BCUT2D eigenvalue weighted by Crippen LogP contribution is -2.24. The van der Waals surface area contributed by atoms with Gasteiger partial charge in [0.2, 0.25) is 5.91 Å². The number of anilines is 1. The molecule has 27 heavy (non-hydrogen) atoms. The summed E-state index contributed by atoms with van der Waals surface area (Å²) < 4.78 is 2.62. The molecule has 0 aliphatic carbocycles. The van der Waals surface area contributed by atoms with E-state index in [0.717, 1.165) is 9.26 Å². The molecule has 0 aliphatic rings. The van der Waals surface area contributed by atoms with Crippen LogP contribution in [0.15, 0.2) is 58.5 Å². The molecule has 1 heterocycles. The van der Waals surface area contributed by atoms with Gasteiger partial charge in [-0.15, -0.1) is 0 Å². The Morgan fingerprint density at radius 3 is 2.67 bits per heavy atom. The number of hydrogen-bond acceptors (Lipinski definition) is 5. The number of aliphatic hydroxyl groups excluding tert-OH is 1. The van der Waals surface area contributed by atoms with Crippen LogP contribution in [0.25, 0.3) is 10.9 Å². The molecular formula is C19H18IN3O3S. The lowest BCUT2D eigenvalue weighted by atomic mass is 10.2.